The second kappa shape index (κ2) is 5.76. The summed E-state index contributed by atoms with van der Waals surface area (Å²) in [6, 6.07) is 4.27. The van der Waals surface area contributed by atoms with Crippen molar-refractivity contribution in [2.45, 2.75) is 18.0 Å². The number of ether oxygens (including phenoxy) is 1. The summed E-state index contributed by atoms with van der Waals surface area (Å²) < 4.78 is 93.4. The molecule has 1 heterocycles. The molecule has 0 saturated heterocycles. The number of hydrogen-bond acceptors (Lipinski definition) is 4. The lowest BCUT2D eigenvalue weighted by atomic mass is 10.1. The third kappa shape index (κ3) is 2.97. The Morgan fingerprint density at radius 2 is 1.79 bits per heavy atom. The van der Waals surface area contributed by atoms with Crippen LogP contribution in [0.25, 0.3) is 10.2 Å². The maximum Gasteiger partial charge on any atom is 0.460 e. The molecule has 1 amide bonds. The van der Waals surface area contributed by atoms with E-state index in [-0.39, 0.29) is 5.52 Å². The van der Waals surface area contributed by atoms with Gasteiger partial charge < -0.3 is 4.74 Å². The molecular weight excluding hydrogens is 369 g/mol. The van der Waals surface area contributed by atoms with Crippen LogP contribution in [0.3, 0.4) is 0 Å². The summed E-state index contributed by atoms with van der Waals surface area (Å²) in [5, 5.41) is 0.730. The first kappa shape index (κ1) is 18.2. The van der Waals surface area contributed by atoms with Gasteiger partial charge >= 0.3 is 23.9 Å². The van der Waals surface area contributed by atoms with Crippen LogP contribution in [0.1, 0.15) is 0 Å². The van der Waals surface area contributed by atoms with Crippen molar-refractivity contribution >= 4 is 32.6 Å². The van der Waals surface area contributed by atoms with Crippen molar-refractivity contribution in [3.8, 4) is 5.75 Å². The number of amides is 1. The number of carbonyl (C=O) groups excluding carboxylic acids is 1. The number of aromatic nitrogens is 1. The van der Waals surface area contributed by atoms with Gasteiger partial charge in [0.25, 0.3) is 0 Å². The Kier molecular flexibility index (Phi) is 4.37. The molecule has 1 N–H and O–H groups in total. The molecule has 0 atom stereocenters. The fourth-order valence-electron chi connectivity index (χ4n) is 1.58. The molecule has 4 nitrogen and oxygen atoms in total. The summed E-state index contributed by atoms with van der Waals surface area (Å²) in [6.07, 6.45) is -6.59. The Morgan fingerprint density at radius 1 is 1.17 bits per heavy atom. The summed E-state index contributed by atoms with van der Waals surface area (Å²) in [6.45, 7) is 0. The number of rotatable bonds is 4. The van der Waals surface area contributed by atoms with Gasteiger partial charge in [-0.3, -0.25) is 10.1 Å². The molecule has 12 heteroatoms. The van der Waals surface area contributed by atoms with E-state index in [1.165, 1.54) is 30.6 Å². The summed E-state index contributed by atoms with van der Waals surface area (Å²) >= 11 is 0.607. The average Bonchev–Trinajstić information content (AvgIpc) is 2.86. The minimum Gasteiger partial charge on any atom is -0.497 e. The highest BCUT2D eigenvalue weighted by Gasteiger charge is 2.76. The number of carbonyl (C=O) groups is 1. The third-order valence-corrected chi connectivity index (χ3v) is 3.79. The standard InChI is InChI=1S/C12H7F7N2O2S/c1-23-5-2-3-6-7(4-5)24-9(20-6)21-8(22)10(13,14)11(15,16)12(17,18)19/h2-4H,1H3,(H,20,21,22). The van der Waals surface area contributed by atoms with Crippen molar-refractivity contribution in [2.75, 3.05) is 12.4 Å². The molecule has 2 aromatic rings. The summed E-state index contributed by atoms with van der Waals surface area (Å²) in [4.78, 5) is 14.9. The summed E-state index contributed by atoms with van der Waals surface area (Å²) in [5.74, 6) is -15.0. The monoisotopic (exact) mass is 376 g/mol. The van der Waals surface area contributed by atoms with E-state index < -0.39 is 29.1 Å². The second-order valence-corrected chi connectivity index (χ2v) is 5.48. The van der Waals surface area contributed by atoms with E-state index in [0.717, 1.165) is 0 Å². The van der Waals surface area contributed by atoms with Crippen molar-refractivity contribution in [1.29, 1.82) is 0 Å². The molecule has 132 valence electrons. The zero-order chi connectivity index (χ0) is 18.3. The number of halogens is 7. The van der Waals surface area contributed by atoms with E-state index in [2.05, 4.69) is 4.98 Å². The number of alkyl halides is 7. The van der Waals surface area contributed by atoms with E-state index in [1.807, 2.05) is 0 Å². The molecule has 1 aromatic carbocycles. The topological polar surface area (TPSA) is 51.2 Å². The fourth-order valence-corrected chi connectivity index (χ4v) is 2.47. The molecule has 0 bridgehead atoms. The molecule has 0 spiro atoms. The van der Waals surface area contributed by atoms with Crippen molar-refractivity contribution in [2.24, 2.45) is 0 Å². The zero-order valence-electron chi connectivity index (χ0n) is 11.5. The number of nitrogens with zero attached hydrogens (tertiary/aromatic N) is 1. The molecule has 0 radical (unpaired) electrons. The Labute approximate surface area is 133 Å². The molecule has 0 aliphatic carbocycles. The first-order chi connectivity index (χ1) is 10.9. The smallest absolute Gasteiger partial charge is 0.460 e. The Morgan fingerprint density at radius 3 is 2.33 bits per heavy atom. The number of hydrogen-bond donors (Lipinski definition) is 1. The predicted molar refractivity (Wildman–Crippen MR) is 70.8 cm³/mol. The van der Waals surface area contributed by atoms with E-state index in [4.69, 9.17) is 4.74 Å². The fraction of sp³-hybridized carbons (Fsp3) is 0.333. The molecule has 0 saturated carbocycles. The number of methoxy groups -OCH3 is 1. The van der Waals surface area contributed by atoms with Gasteiger partial charge in [0.1, 0.15) is 5.75 Å². The maximum absolute atomic E-state index is 13.2. The van der Waals surface area contributed by atoms with Crippen LogP contribution < -0.4 is 10.1 Å². The Bertz CT molecular complexity index is 772. The van der Waals surface area contributed by atoms with Crippen LogP contribution in [-0.2, 0) is 4.79 Å². The van der Waals surface area contributed by atoms with Gasteiger partial charge in [0.15, 0.2) is 5.13 Å². The van der Waals surface area contributed by atoms with Crippen LogP contribution in [0.15, 0.2) is 18.2 Å². The minimum atomic E-state index is -6.59. The first-order valence-corrected chi connectivity index (χ1v) is 6.80. The highest BCUT2D eigenvalue weighted by Crippen LogP contribution is 2.47. The Hall–Kier alpha value is -2.11. The van der Waals surface area contributed by atoms with Crippen LogP contribution >= 0.6 is 11.3 Å². The van der Waals surface area contributed by atoms with Crippen LogP contribution in [-0.4, -0.2) is 36.0 Å². The van der Waals surface area contributed by atoms with E-state index >= 15 is 0 Å². The number of thiazole rings is 1. The van der Waals surface area contributed by atoms with Gasteiger partial charge in [-0.15, -0.1) is 0 Å². The van der Waals surface area contributed by atoms with E-state index in [1.54, 1.807) is 0 Å². The van der Waals surface area contributed by atoms with Crippen molar-refractivity contribution in [3.63, 3.8) is 0 Å². The first-order valence-electron chi connectivity index (χ1n) is 5.98. The largest absolute Gasteiger partial charge is 0.497 e. The Balaban J connectivity index is 2.28. The molecule has 0 aliphatic rings. The number of benzene rings is 1. The van der Waals surface area contributed by atoms with Gasteiger partial charge in [-0.2, -0.15) is 30.7 Å². The molecule has 0 fully saturated rings. The second-order valence-electron chi connectivity index (χ2n) is 4.45. The molecular formula is C12H7F7N2O2S. The van der Waals surface area contributed by atoms with E-state index in [9.17, 15) is 35.5 Å². The number of anilines is 1. The van der Waals surface area contributed by atoms with Crippen LogP contribution in [0, 0.1) is 0 Å². The summed E-state index contributed by atoms with van der Waals surface area (Å²) in [7, 11) is 1.35. The summed E-state index contributed by atoms with van der Waals surface area (Å²) in [5.41, 5.74) is 0.210. The van der Waals surface area contributed by atoms with Crippen LogP contribution in [0.5, 0.6) is 5.75 Å². The minimum absolute atomic E-state index is 0.210. The van der Waals surface area contributed by atoms with Gasteiger partial charge in [0.05, 0.1) is 17.3 Å². The van der Waals surface area contributed by atoms with Gasteiger partial charge in [-0.1, -0.05) is 11.3 Å². The van der Waals surface area contributed by atoms with Gasteiger partial charge in [0.2, 0.25) is 0 Å². The highest BCUT2D eigenvalue weighted by molar-refractivity contribution is 7.22. The van der Waals surface area contributed by atoms with Gasteiger partial charge in [-0.05, 0) is 18.2 Å². The quantitative estimate of drug-likeness (QED) is 0.819. The lowest BCUT2D eigenvalue weighted by Crippen LogP contribution is -2.57. The molecule has 1 aromatic heterocycles. The van der Waals surface area contributed by atoms with Crippen LogP contribution in [0.2, 0.25) is 0 Å². The normalized spacial score (nSPS) is 13.2. The molecule has 0 unspecified atom stereocenters. The predicted octanol–water partition coefficient (Wildman–Crippen LogP) is 4.08. The molecule has 0 aliphatic heterocycles. The van der Waals surface area contributed by atoms with Crippen molar-refractivity contribution < 1.29 is 40.3 Å². The lowest BCUT2D eigenvalue weighted by molar-refractivity contribution is -0.343. The number of fused-ring (bicyclic) bond motifs is 1. The molecule has 24 heavy (non-hydrogen) atoms. The highest BCUT2D eigenvalue weighted by atomic mass is 32.1. The van der Waals surface area contributed by atoms with Crippen molar-refractivity contribution in [3.05, 3.63) is 18.2 Å². The van der Waals surface area contributed by atoms with Gasteiger partial charge in [-0.25, -0.2) is 4.98 Å². The SMILES string of the molecule is COc1ccc2nc(NC(=O)C(F)(F)C(F)(F)C(F)(F)F)sc2c1. The van der Waals surface area contributed by atoms with E-state index in [0.29, 0.717) is 21.8 Å². The zero-order valence-corrected chi connectivity index (χ0v) is 12.4. The van der Waals surface area contributed by atoms with Crippen molar-refractivity contribution in [1.82, 2.24) is 4.98 Å². The molecule has 2 rings (SSSR count). The lowest BCUT2D eigenvalue weighted by Gasteiger charge is -2.26. The third-order valence-electron chi connectivity index (χ3n) is 2.85. The van der Waals surface area contributed by atoms with Crippen LogP contribution in [0.4, 0.5) is 35.9 Å². The maximum atomic E-state index is 13.2. The number of nitrogens with one attached hydrogen (secondary N) is 1. The average molecular weight is 376 g/mol. The van der Waals surface area contributed by atoms with Gasteiger partial charge in [0, 0.05) is 0 Å².